The van der Waals surface area contributed by atoms with Crippen LogP contribution in [0.5, 0.6) is 0 Å². The van der Waals surface area contributed by atoms with Gasteiger partial charge in [0.2, 0.25) is 0 Å². The second-order valence-corrected chi connectivity index (χ2v) is 9.41. The van der Waals surface area contributed by atoms with Crippen LogP contribution >= 0.6 is 11.6 Å². The molecule has 2 fully saturated rings. The van der Waals surface area contributed by atoms with E-state index in [1.165, 1.54) is 0 Å². The first-order valence-electron chi connectivity index (χ1n) is 11.9. The number of aromatic amines is 1. The quantitative estimate of drug-likeness (QED) is 0.480. The van der Waals surface area contributed by atoms with Crippen molar-refractivity contribution < 1.29 is 19.1 Å². The van der Waals surface area contributed by atoms with E-state index in [0.29, 0.717) is 35.0 Å². The lowest BCUT2D eigenvalue weighted by Crippen LogP contribution is -2.53. The summed E-state index contributed by atoms with van der Waals surface area (Å²) in [5, 5.41) is 7.70. The lowest BCUT2D eigenvalue weighted by atomic mass is 9.89. The predicted molar refractivity (Wildman–Crippen MR) is 134 cm³/mol. The molecule has 1 aromatic heterocycles. The highest BCUT2D eigenvalue weighted by molar-refractivity contribution is 6.35. The molecule has 35 heavy (non-hydrogen) atoms. The van der Waals surface area contributed by atoms with Crippen LogP contribution in [0.2, 0.25) is 5.02 Å². The van der Waals surface area contributed by atoms with Crippen molar-refractivity contribution in [2.75, 3.05) is 18.1 Å². The Labute approximate surface area is 208 Å². The first-order valence-corrected chi connectivity index (χ1v) is 12.3. The average molecular weight is 495 g/mol. The number of H-pyrrole nitrogens is 1. The van der Waals surface area contributed by atoms with Gasteiger partial charge in [0, 0.05) is 52.5 Å². The van der Waals surface area contributed by atoms with E-state index in [4.69, 9.17) is 16.3 Å². The molecule has 1 unspecified atom stereocenters. The van der Waals surface area contributed by atoms with Gasteiger partial charge in [0.15, 0.2) is 0 Å². The summed E-state index contributed by atoms with van der Waals surface area (Å²) < 4.78 is 5.09. The molecule has 182 valence electrons. The van der Waals surface area contributed by atoms with Gasteiger partial charge in [-0.05, 0) is 55.7 Å². The van der Waals surface area contributed by atoms with Gasteiger partial charge < -0.3 is 20.4 Å². The topological polar surface area (TPSA) is 104 Å². The van der Waals surface area contributed by atoms with Crippen molar-refractivity contribution in [3.63, 3.8) is 0 Å². The van der Waals surface area contributed by atoms with E-state index in [1.807, 2.05) is 6.07 Å². The minimum Gasteiger partial charge on any atom is -0.449 e. The number of nitrogens with one attached hydrogen (secondary N) is 3. The molecule has 2 aliphatic rings. The molecule has 0 spiro atoms. The number of carbonyl (C=O) groups is 3. The summed E-state index contributed by atoms with van der Waals surface area (Å²) in [7, 11) is 0. The highest BCUT2D eigenvalue weighted by Gasteiger charge is 2.29. The van der Waals surface area contributed by atoms with E-state index in [2.05, 4.69) is 15.6 Å². The molecular formula is C26H27ClN4O4. The third-order valence-corrected chi connectivity index (χ3v) is 7.02. The maximum absolute atomic E-state index is 13.0. The van der Waals surface area contributed by atoms with Crippen molar-refractivity contribution in [2.24, 2.45) is 0 Å². The number of halogens is 1. The highest BCUT2D eigenvalue weighted by atomic mass is 35.5. The van der Waals surface area contributed by atoms with E-state index in [9.17, 15) is 14.4 Å². The Morgan fingerprint density at radius 3 is 2.29 bits per heavy atom. The second-order valence-electron chi connectivity index (χ2n) is 9.01. The normalized spacial score (nSPS) is 20.4. The van der Waals surface area contributed by atoms with Crippen LogP contribution in [-0.2, 0) is 4.74 Å². The number of amides is 3. The van der Waals surface area contributed by atoms with Crippen molar-refractivity contribution in [3.8, 4) is 0 Å². The van der Waals surface area contributed by atoms with Crippen LogP contribution < -0.4 is 15.5 Å². The van der Waals surface area contributed by atoms with Crippen molar-refractivity contribution in [3.05, 3.63) is 64.8 Å². The number of carbonyl (C=O) groups excluding carboxylic acids is 3. The molecule has 1 aliphatic carbocycles. The molecule has 1 saturated heterocycles. The van der Waals surface area contributed by atoms with E-state index < -0.39 is 0 Å². The van der Waals surface area contributed by atoms with Crippen LogP contribution in [-0.4, -0.2) is 48.1 Å². The zero-order valence-corrected chi connectivity index (χ0v) is 19.9. The fraction of sp³-hybridized carbons (Fsp3) is 0.346. The molecule has 0 bridgehead atoms. The molecule has 9 heteroatoms. The lowest BCUT2D eigenvalue weighted by molar-refractivity contribution is 0.0863. The maximum atomic E-state index is 13.0. The highest BCUT2D eigenvalue weighted by Crippen LogP contribution is 2.25. The predicted octanol–water partition coefficient (Wildman–Crippen LogP) is 4.64. The Balaban J connectivity index is 1.24. The van der Waals surface area contributed by atoms with Gasteiger partial charge >= 0.3 is 6.09 Å². The Kier molecular flexibility index (Phi) is 6.63. The van der Waals surface area contributed by atoms with Crippen LogP contribution in [0.1, 0.15) is 52.8 Å². The van der Waals surface area contributed by atoms with Crippen LogP contribution in [0.3, 0.4) is 0 Å². The number of nitrogens with zero attached hydrogens (tertiary/aromatic N) is 1. The SMILES string of the molecule is O=C(NC1CCCC[C@H]1NC(=O)c1ccc2c(Cl)c[nH]c2c1)c1ccc(N2CCCOC2=O)cc1. The third-order valence-electron chi connectivity index (χ3n) is 6.71. The number of rotatable bonds is 5. The van der Waals surface area contributed by atoms with Gasteiger partial charge in [0.25, 0.3) is 11.8 Å². The summed E-state index contributed by atoms with van der Waals surface area (Å²) in [6, 6.07) is 12.0. The number of hydrogen-bond donors (Lipinski definition) is 3. The Morgan fingerprint density at radius 1 is 0.943 bits per heavy atom. The van der Waals surface area contributed by atoms with E-state index >= 15 is 0 Å². The number of aromatic nitrogens is 1. The summed E-state index contributed by atoms with van der Waals surface area (Å²) in [4.78, 5) is 42.5. The second kappa shape index (κ2) is 10.00. The van der Waals surface area contributed by atoms with Gasteiger partial charge in [-0.3, -0.25) is 14.5 Å². The van der Waals surface area contributed by atoms with Crippen LogP contribution in [0.4, 0.5) is 10.5 Å². The van der Waals surface area contributed by atoms with Crippen LogP contribution in [0.25, 0.3) is 10.9 Å². The van der Waals surface area contributed by atoms with E-state index in [1.54, 1.807) is 47.5 Å². The molecule has 1 aliphatic heterocycles. The third kappa shape index (κ3) is 4.98. The lowest BCUT2D eigenvalue weighted by Gasteiger charge is -2.33. The van der Waals surface area contributed by atoms with Crippen molar-refractivity contribution in [1.82, 2.24) is 15.6 Å². The largest absolute Gasteiger partial charge is 0.449 e. The van der Waals surface area contributed by atoms with Gasteiger partial charge in [-0.15, -0.1) is 0 Å². The first kappa shape index (κ1) is 23.2. The number of anilines is 1. The molecule has 3 N–H and O–H groups in total. The number of fused-ring (bicyclic) bond motifs is 1. The van der Waals surface area contributed by atoms with E-state index in [-0.39, 0.29) is 30.0 Å². The van der Waals surface area contributed by atoms with Gasteiger partial charge in [-0.25, -0.2) is 4.79 Å². The molecule has 3 aromatic rings. The van der Waals surface area contributed by atoms with Crippen LogP contribution in [0, 0.1) is 0 Å². The van der Waals surface area contributed by atoms with Crippen molar-refractivity contribution in [1.29, 1.82) is 0 Å². The standard InChI is InChI=1S/C26H27ClN4O4/c27-20-15-28-23-14-17(8-11-19(20)23)25(33)30-22-5-2-1-4-21(22)29-24(32)16-6-9-18(10-7-16)31-12-3-13-35-26(31)34/h6-11,14-15,21-22,28H,1-5,12-13H2,(H,29,32)(H,30,33)/t21?,22-/m1/s1. The Hall–Kier alpha value is -3.52. The van der Waals surface area contributed by atoms with Gasteiger partial charge in [0.1, 0.15) is 0 Å². The van der Waals surface area contributed by atoms with Gasteiger partial charge in [-0.1, -0.05) is 30.5 Å². The Morgan fingerprint density at radius 2 is 1.60 bits per heavy atom. The monoisotopic (exact) mass is 494 g/mol. The zero-order chi connectivity index (χ0) is 24.4. The summed E-state index contributed by atoms with van der Waals surface area (Å²) in [6.45, 7) is 1.03. The summed E-state index contributed by atoms with van der Waals surface area (Å²) in [5.74, 6) is -0.382. The molecule has 2 heterocycles. The minimum absolute atomic E-state index is 0.162. The molecular weight excluding hydrogens is 468 g/mol. The average Bonchev–Trinajstić information content (AvgIpc) is 3.25. The summed E-state index contributed by atoms with van der Waals surface area (Å²) in [6.07, 6.45) is 5.67. The van der Waals surface area contributed by atoms with Gasteiger partial charge in [-0.2, -0.15) is 0 Å². The van der Waals surface area contributed by atoms with E-state index in [0.717, 1.165) is 43.0 Å². The zero-order valence-electron chi connectivity index (χ0n) is 19.2. The van der Waals surface area contributed by atoms with Crippen molar-refractivity contribution >= 4 is 46.1 Å². The minimum atomic E-state index is -0.368. The molecule has 0 radical (unpaired) electrons. The molecule has 1 saturated carbocycles. The van der Waals surface area contributed by atoms with Gasteiger partial charge in [0.05, 0.1) is 11.6 Å². The molecule has 3 amide bonds. The smallest absolute Gasteiger partial charge is 0.414 e. The summed E-state index contributed by atoms with van der Waals surface area (Å²) >= 11 is 6.14. The molecule has 2 aromatic carbocycles. The number of ether oxygens (including phenoxy) is 1. The number of cyclic esters (lactones) is 1. The Bertz CT molecular complexity index is 1260. The fourth-order valence-corrected chi connectivity index (χ4v) is 5.01. The fourth-order valence-electron chi connectivity index (χ4n) is 4.79. The molecule has 8 nitrogen and oxygen atoms in total. The summed E-state index contributed by atoms with van der Waals surface area (Å²) in [5.41, 5.74) is 2.55. The number of benzene rings is 2. The maximum Gasteiger partial charge on any atom is 0.414 e. The first-order chi connectivity index (χ1) is 17.0. The molecule has 5 rings (SSSR count). The van der Waals surface area contributed by atoms with Crippen LogP contribution in [0.15, 0.2) is 48.7 Å². The van der Waals surface area contributed by atoms with Crippen molar-refractivity contribution in [2.45, 2.75) is 44.2 Å². The molecule has 2 atom stereocenters. The number of hydrogen-bond acceptors (Lipinski definition) is 4.